The molecule has 0 spiro atoms. The summed E-state index contributed by atoms with van der Waals surface area (Å²) >= 11 is 0. The molecule has 0 saturated heterocycles. The number of hydrogen-bond donors (Lipinski definition) is 2. The Labute approximate surface area is 85.9 Å². The molecule has 2 N–H and O–H groups in total. The maximum absolute atomic E-state index is 10.8. The highest BCUT2D eigenvalue weighted by molar-refractivity contribution is 5.98. The highest BCUT2D eigenvalue weighted by Crippen LogP contribution is 2.32. The maximum Gasteiger partial charge on any atom is 0.339 e. The zero-order valence-corrected chi connectivity index (χ0v) is 8.27. The summed E-state index contributed by atoms with van der Waals surface area (Å²) in [5.41, 5.74) is -0.0964. The SMILES string of the molecule is COc1cc(C)c(C(=O)O)c(O)c1C=O. The molecule has 0 aliphatic heterocycles. The van der Waals surface area contributed by atoms with Crippen molar-refractivity contribution in [1.29, 1.82) is 0 Å². The molecule has 0 radical (unpaired) electrons. The highest BCUT2D eigenvalue weighted by atomic mass is 16.5. The average Bonchev–Trinajstić information content (AvgIpc) is 2.16. The van der Waals surface area contributed by atoms with Crippen molar-refractivity contribution in [2.45, 2.75) is 6.92 Å². The van der Waals surface area contributed by atoms with Crippen molar-refractivity contribution < 1.29 is 24.5 Å². The molecular weight excluding hydrogens is 200 g/mol. The van der Waals surface area contributed by atoms with Crippen molar-refractivity contribution in [3.8, 4) is 11.5 Å². The Morgan fingerprint density at radius 3 is 2.53 bits per heavy atom. The summed E-state index contributed by atoms with van der Waals surface area (Å²) < 4.78 is 4.85. The van der Waals surface area contributed by atoms with E-state index in [2.05, 4.69) is 0 Å². The van der Waals surface area contributed by atoms with Gasteiger partial charge in [0.15, 0.2) is 6.29 Å². The van der Waals surface area contributed by atoms with Gasteiger partial charge >= 0.3 is 5.97 Å². The van der Waals surface area contributed by atoms with E-state index in [1.165, 1.54) is 20.1 Å². The summed E-state index contributed by atoms with van der Waals surface area (Å²) in [5, 5.41) is 18.4. The zero-order chi connectivity index (χ0) is 11.6. The Kier molecular flexibility index (Phi) is 2.94. The first-order chi connectivity index (χ1) is 7.02. The van der Waals surface area contributed by atoms with Gasteiger partial charge in [-0.2, -0.15) is 0 Å². The molecule has 1 rings (SSSR count). The topological polar surface area (TPSA) is 83.8 Å². The van der Waals surface area contributed by atoms with Gasteiger partial charge in [-0.1, -0.05) is 0 Å². The minimum absolute atomic E-state index is 0.152. The molecular formula is C10H10O5. The van der Waals surface area contributed by atoms with Gasteiger partial charge in [-0.3, -0.25) is 4.79 Å². The number of carbonyl (C=O) groups excluding carboxylic acids is 1. The maximum atomic E-state index is 10.8. The molecule has 80 valence electrons. The Morgan fingerprint density at radius 2 is 2.13 bits per heavy atom. The van der Waals surface area contributed by atoms with Gasteiger partial charge in [0.25, 0.3) is 0 Å². The fourth-order valence-corrected chi connectivity index (χ4v) is 1.34. The van der Waals surface area contributed by atoms with E-state index in [0.717, 1.165) is 0 Å². The van der Waals surface area contributed by atoms with Crippen LogP contribution in [0.3, 0.4) is 0 Å². The van der Waals surface area contributed by atoms with Crippen molar-refractivity contribution >= 4 is 12.3 Å². The first kappa shape index (κ1) is 11.0. The van der Waals surface area contributed by atoms with Crippen LogP contribution in [-0.2, 0) is 0 Å². The van der Waals surface area contributed by atoms with Crippen molar-refractivity contribution in [1.82, 2.24) is 0 Å². The van der Waals surface area contributed by atoms with E-state index in [0.29, 0.717) is 11.8 Å². The third kappa shape index (κ3) is 1.76. The Bertz CT molecular complexity index is 422. The summed E-state index contributed by atoms with van der Waals surface area (Å²) in [6.45, 7) is 1.51. The molecule has 0 atom stereocenters. The number of carbonyl (C=O) groups is 2. The van der Waals surface area contributed by atoms with Crippen LogP contribution in [0.15, 0.2) is 6.07 Å². The van der Waals surface area contributed by atoms with E-state index in [1.54, 1.807) is 0 Å². The summed E-state index contributed by atoms with van der Waals surface area (Å²) in [6, 6.07) is 1.40. The van der Waals surface area contributed by atoms with E-state index in [-0.39, 0.29) is 16.9 Å². The van der Waals surface area contributed by atoms with Crippen molar-refractivity contribution in [2.75, 3.05) is 7.11 Å². The van der Waals surface area contributed by atoms with Gasteiger partial charge in [-0.05, 0) is 18.6 Å². The van der Waals surface area contributed by atoms with Gasteiger partial charge in [0.05, 0.1) is 12.7 Å². The zero-order valence-electron chi connectivity index (χ0n) is 8.27. The van der Waals surface area contributed by atoms with Gasteiger partial charge in [-0.15, -0.1) is 0 Å². The minimum Gasteiger partial charge on any atom is -0.506 e. The number of aromatic hydroxyl groups is 1. The second-order valence-electron chi connectivity index (χ2n) is 2.96. The number of aldehydes is 1. The quantitative estimate of drug-likeness (QED) is 0.733. The number of carboxylic acid groups (broad SMARTS) is 1. The second kappa shape index (κ2) is 4.00. The van der Waals surface area contributed by atoms with Crippen LogP contribution in [-0.4, -0.2) is 29.6 Å². The number of rotatable bonds is 3. The average molecular weight is 210 g/mol. The van der Waals surface area contributed by atoms with Gasteiger partial charge < -0.3 is 14.9 Å². The molecule has 1 aromatic carbocycles. The van der Waals surface area contributed by atoms with Crippen LogP contribution in [0, 0.1) is 6.92 Å². The van der Waals surface area contributed by atoms with E-state index < -0.39 is 11.7 Å². The normalized spacial score (nSPS) is 9.73. The molecule has 0 aliphatic rings. The number of aromatic carboxylic acids is 1. The summed E-state index contributed by atoms with van der Waals surface area (Å²) in [6.07, 6.45) is 0.361. The van der Waals surface area contributed by atoms with E-state index in [4.69, 9.17) is 9.84 Å². The highest BCUT2D eigenvalue weighted by Gasteiger charge is 2.20. The van der Waals surface area contributed by atoms with Gasteiger partial charge in [0.1, 0.15) is 17.1 Å². The molecule has 1 aromatic rings. The smallest absolute Gasteiger partial charge is 0.339 e. The molecule has 0 amide bonds. The lowest BCUT2D eigenvalue weighted by Crippen LogP contribution is -2.04. The second-order valence-corrected chi connectivity index (χ2v) is 2.96. The molecule has 0 heterocycles. The van der Waals surface area contributed by atoms with E-state index in [9.17, 15) is 14.7 Å². The molecule has 0 unspecified atom stereocenters. The summed E-state index contributed by atoms with van der Waals surface area (Å²) in [5.74, 6) is -1.69. The molecule has 0 aromatic heterocycles. The molecule has 0 bridgehead atoms. The van der Waals surface area contributed by atoms with Crippen LogP contribution in [0.1, 0.15) is 26.3 Å². The van der Waals surface area contributed by atoms with E-state index in [1.807, 2.05) is 0 Å². The van der Waals surface area contributed by atoms with Gasteiger partial charge in [0.2, 0.25) is 0 Å². The Balaban J connectivity index is 3.58. The lowest BCUT2D eigenvalue weighted by molar-refractivity contribution is 0.0693. The number of methoxy groups -OCH3 is 1. The molecule has 0 fully saturated rings. The summed E-state index contributed by atoms with van der Waals surface area (Å²) in [7, 11) is 1.33. The molecule has 15 heavy (non-hydrogen) atoms. The predicted octanol–water partition coefficient (Wildman–Crippen LogP) is 1.22. The lowest BCUT2D eigenvalue weighted by atomic mass is 10.0. The number of hydrogen-bond acceptors (Lipinski definition) is 4. The molecule has 5 nitrogen and oxygen atoms in total. The largest absolute Gasteiger partial charge is 0.506 e. The monoisotopic (exact) mass is 210 g/mol. The van der Waals surface area contributed by atoms with Crippen molar-refractivity contribution in [2.24, 2.45) is 0 Å². The number of phenols is 1. The lowest BCUT2D eigenvalue weighted by Gasteiger charge is -2.10. The first-order valence-electron chi connectivity index (χ1n) is 4.12. The minimum atomic E-state index is -1.28. The number of benzene rings is 1. The predicted molar refractivity (Wildman–Crippen MR) is 51.7 cm³/mol. The third-order valence-corrected chi connectivity index (χ3v) is 2.05. The fraction of sp³-hybridized carbons (Fsp3) is 0.200. The standard InChI is InChI=1S/C10H10O5/c1-5-3-7(15-2)6(4-11)9(12)8(5)10(13)14/h3-4,12H,1-2H3,(H,13,14). The number of carboxylic acids is 1. The molecule has 0 aliphatic carbocycles. The third-order valence-electron chi connectivity index (χ3n) is 2.05. The van der Waals surface area contributed by atoms with Crippen molar-refractivity contribution in [3.63, 3.8) is 0 Å². The van der Waals surface area contributed by atoms with E-state index >= 15 is 0 Å². The van der Waals surface area contributed by atoms with Gasteiger partial charge in [0, 0.05) is 0 Å². The van der Waals surface area contributed by atoms with Crippen molar-refractivity contribution in [3.05, 3.63) is 22.8 Å². The van der Waals surface area contributed by atoms with Crippen LogP contribution >= 0.6 is 0 Å². The Morgan fingerprint density at radius 1 is 1.53 bits per heavy atom. The van der Waals surface area contributed by atoms with Gasteiger partial charge in [-0.25, -0.2) is 4.79 Å². The number of aryl methyl sites for hydroxylation is 1. The van der Waals surface area contributed by atoms with Crippen LogP contribution in [0.2, 0.25) is 0 Å². The van der Waals surface area contributed by atoms with Crippen LogP contribution in [0.4, 0.5) is 0 Å². The number of ether oxygens (including phenoxy) is 1. The Hall–Kier alpha value is -2.04. The molecule has 5 heteroatoms. The van der Waals surface area contributed by atoms with Crippen LogP contribution in [0.25, 0.3) is 0 Å². The fourth-order valence-electron chi connectivity index (χ4n) is 1.34. The summed E-state index contributed by atoms with van der Waals surface area (Å²) in [4.78, 5) is 21.5. The van der Waals surface area contributed by atoms with Crippen LogP contribution in [0.5, 0.6) is 11.5 Å². The first-order valence-corrected chi connectivity index (χ1v) is 4.12. The molecule has 0 saturated carbocycles. The van der Waals surface area contributed by atoms with Crippen LogP contribution < -0.4 is 4.74 Å².